The van der Waals surface area contributed by atoms with Gasteiger partial charge in [0.15, 0.2) is 24.5 Å². The van der Waals surface area contributed by atoms with Crippen molar-refractivity contribution in [2.24, 2.45) is 17.2 Å². The Morgan fingerprint density at radius 1 is 0.795 bits per heavy atom. The number of aliphatic hydroxyl groups is 8. The molecule has 224 valence electrons. The van der Waals surface area contributed by atoms with Gasteiger partial charge in [0.25, 0.3) is 0 Å². The van der Waals surface area contributed by atoms with Gasteiger partial charge in [0.1, 0.15) is 55.1 Å². The second-order valence-electron chi connectivity index (χ2n) is 9.69. The molecule has 3 aliphatic rings. The minimum atomic E-state index is -2.09. The summed E-state index contributed by atoms with van der Waals surface area (Å²) in [6.45, 7) is -2.33. The van der Waals surface area contributed by atoms with Crippen LogP contribution < -0.4 is 17.2 Å². The van der Waals surface area contributed by atoms with E-state index in [9.17, 15) is 40.9 Å². The van der Waals surface area contributed by atoms with Crippen LogP contribution in [0.15, 0.2) is 16.9 Å². The first kappa shape index (κ1) is 30.5. The van der Waals surface area contributed by atoms with Crippen molar-refractivity contribution in [1.82, 2.24) is 4.98 Å². The molecular weight excluding hydrogens is 532 g/mol. The summed E-state index contributed by atoms with van der Waals surface area (Å²) >= 11 is 0. The van der Waals surface area contributed by atoms with E-state index in [1.54, 1.807) is 0 Å². The third-order valence-electron chi connectivity index (χ3n) is 7.27. The normalized spacial score (nSPS) is 49.2. The highest BCUT2D eigenvalue weighted by Crippen LogP contribution is 2.39. The van der Waals surface area contributed by atoms with Crippen LogP contribution in [0.25, 0.3) is 0 Å². The van der Waals surface area contributed by atoms with Gasteiger partial charge in [-0.1, -0.05) is 0 Å². The number of oxazole rings is 1. The molecule has 39 heavy (non-hydrogen) atoms. The maximum absolute atomic E-state index is 11.0. The highest BCUT2D eigenvalue weighted by molar-refractivity contribution is 5.10. The van der Waals surface area contributed by atoms with Crippen molar-refractivity contribution in [2.45, 2.75) is 91.4 Å². The molecule has 0 aliphatic carbocycles. The van der Waals surface area contributed by atoms with Crippen molar-refractivity contribution in [3.05, 3.63) is 18.4 Å². The first-order valence-corrected chi connectivity index (χ1v) is 12.2. The number of ether oxygens (including phenoxy) is 5. The van der Waals surface area contributed by atoms with Crippen LogP contribution in [0, 0.1) is 0 Å². The van der Waals surface area contributed by atoms with Crippen molar-refractivity contribution < 1.29 is 69.0 Å². The van der Waals surface area contributed by atoms with Crippen LogP contribution in [0.4, 0.5) is 0 Å². The lowest BCUT2D eigenvalue weighted by Gasteiger charge is -2.50. The van der Waals surface area contributed by atoms with Gasteiger partial charge in [0.05, 0.1) is 44.1 Å². The molecule has 0 bridgehead atoms. The van der Waals surface area contributed by atoms with E-state index in [2.05, 4.69) is 4.98 Å². The van der Waals surface area contributed by atoms with Gasteiger partial charge in [-0.15, -0.1) is 0 Å². The summed E-state index contributed by atoms with van der Waals surface area (Å²) in [5, 5.41) is 82.2. The fourth-order valence-corrected chi connectivity index (χ4v) is 4.89. The molecule has 0 radical (unpaired) electrons. The SMILES string of the molecule is NC1C(O)O[C@H](CO)C(O[C@@H]2O[C@H](CO)C(O[C@@H]3O[C@](CO)(c4ncco4)[C@@H](O)[C@H](O)[C@H]3N)[C@H](O)C2N)C1O. The highest BCUT2D eigenvalue weighted by Gasteiger charge is 2.58. The Kier molecular flexibility index (Phi) is 9.55. The molecule has 3 fully saturated rings. The maximum atomic E-state index is 11.0. The average Bonchev–Trinajstić information content (AvgIpc) is 3.48. The lowest BCUT2D eigenvalue weighted by Crippen LogP contribution is -2.70. The smallest absolute Gasteiger partial charge is 0.231 e. The fourth-order valence-electron chi connectivity index (χ4n) is 4.89. The lowest BCUT2D eigenvalue weighted by atomic mass is 9.86. The van der Waals surface area contributed by atoms with E-state index in [-0.39, 0.29) is 5.89 Å². The van der Waals surface area contributed by atoms with Crippen LogP contribution in [0.2, 0.25) is 0 Å². The Labute approximate surface area is 221 Å². The Morgan fingerprint density at radius 3 is 1.92 bits per heavy atom. The first-order valence-electron chi connectivity index (χ1n) is 12.2. The van der Waals surface area contributed by atoms with Crippen LogP contribution in [-0.2, 0) is 29.3 Å². The van der Waals surface area contributed by atoms with Gasteiger partial charge in [-0.05, 0) is 0 Å². The molecule has 0 saturated carbocycles. The van der Waals surface area contributed by atoms with E-state index in [1.165, 1.54) is 6.20 Å². The second kappa shape index (κ2) is 12.2. The molecule has 14 N–H and O–H groups in total. The zero-order valence-electron chi connectivity index (χ0n) is 20.6. The minimum absolute atomic E-state index is 0.281. The van der Waals surface area contributed by atoms with Gasteiger partial charge in [0.2, 0.25) is 5.89 Å². The maximum Gasteiger partial charge on any atom is 0.231 e. The van der Waals surface area contributed by atoms with Crippen LogP contribution in [0.1, 0.15) is 5.89 Å². The summed E-state index contributed by atoms with van der Waals surface area (Å²) in [4.78, 5) is 3.88. The molecule has 4 heterocycles. The summed E-state index contributed by atoms with van der Waals surface area (Å²) in [6, 6.07) is -4.11. The predicted molar refractivity (Wildman–Crippen MR) is 122 cm³/mol. The second-order valence-corrected chi connectivity index (χ2v) is 9.69. The molecule has 0 aromatic carbocycles. The first-order chi connectivity index (χ1) is 18.5. The van der Waals surface area contributed by atoms with Gasteiger partial charge in [-0.3, -0.25) is 0 Å². The summed E-state index contributed by atoms with van der Waals surface area (Å²) in [5.74, 6) is -0.281. The zero-order valence-corrected chi connectivity index (χ0v) is 20.6. The summed E-state index contributed by atoms with van der Waals surface area (Å²) < 4.78 is 33.3. The molecule has 3 aliphatic heterocycles. The monoisotopic (exact) mass is 568 g/mol. The molecular formula is C21H36N4O14. The number of hydrogen-bond donors (Lipinski definition) is 11. The van der Waals surface area contributed by atoms with Crippen LogP contribution >= 0.6 is 0 Å². The van der Waals surface area contributed by atoms with Crippen LogP contribution in [0.3, 0.4) is 0 Å². The van der Waals surface area contributed by atoms with Crippen molar-refractivity contribution in [2.75, 3.05) is 19.8 Å². The number of aromatic nitrogens is 1. The van der Waals surface area contributed by atoms with Crippen LogP contribution in [0.5, 0.6) is 0 Å². The summed E-state index contributed by atoms with van der Waals surface area (Å²) in [7, 11) is 0. The lowest BCUT2D eigenvalue weighted by molar-refractivity contribution is -0.365. The average molecular weight is 569 g/mol. The number of hydrogen-bond acceptors (Lipinski definition) is 18. The zero-order chi connectivity index (χ0) is 28.6. The topological polar surface area (TPSA) is 312 Å². The van der Waals surface area contributed by atoms with E-state index >= 15 is 0 Å². The quantitative estimate of drug-likeness (QED) is 0.139. The predicted octanol–water partition coefficient (Wildman–Crippen LogP) is -7.16. The molecule has 1 aromatic heterocycles. The summed E-state index contributed by atoms with van der Waals surface area (Å²) in [6.07, 6.45) is -14.3. The third-order valence-corrected chi connectivity index (χ3v) is 7.27. The molecule has 18 nitrogen and oxygen atoms in total. The van der Waals surface area contributed by atoms with Gasteiger partial charge in [0, 0.05) is 0 Å². The van der Waals surface area contributed by atoms with E-state index in [0.29, 0.717) is 0 Å². The van der Waals surface area contributed by atoms with Crippen molar-refractivity contribution in [3.63, 3.8) is 0 Å². The number of aliphatic hydroxyl groups excluding tert-OH is 8. The van der Waals surface area contributed by atoms with E-state index < -0.39 is 111 Å². The Morgan fingerprint density at radius 2 is 1.36 bits per heavy atom. The van der Waals surface area contributed by atoms with E-state index in [0.717, 1.165) is 6.26 Å². The Balaban J connectivity index is 1.52. The van der Waals surface area contributed by atoms with E-state index in [4.69, 9.17) is 45.3 Å². The standard InChI is InChI=1S/C21H36N4O14/c22-8-11(29)14(6(3-26)35-17(8)33)37-18-9(23)12(30)15(7(4-27)36-18)38-19-10(24)13(31)16(32)21(5-28,39-19)20-25-1-2-34-20/h1-2,6-19,26-33H,3-5,22-24H2/t6-,7-,8?,9?,10-,11?,12-,13-,14?,15?,16+,17?,18+,19-,21+/m1/s1. The third kappa shape index (κ3) is 5.45. The van der Waals surface area contributed by atoms with Crippen LogP contribution in [-0.4, -0.2) is 151 Å². The van der Waals surface area contributed by atoms with Crippen molar-refractivity contribution >= 4 is 0 Å². The van der Waals surface area contributed by atoms with Gasteiger partial charge in [-0.2, -0.15) is 0 Å². The molecule has 15 atom stereocenters. The largest absolute Gasteiger partial charge is 0.446 e. The number of nitrogens with zero attached hydrogens (tertiary/aromatic N) is 1. The van der Waals surface area contributed by atoms with Crippen molar-refractivity contribution in [1.29, 1.82) is 0 Å². The van der Waals surface area contributed by atoms with Gasteiger partial charge >= 0.3 is 0 Å². The molecule has 0 spiro atoms. The number of nitrogens with two attached hydrogens (primary N) is 3. The molecule has 4 rings (SSSR count). The molecule has 1 aromatic rings. The highest BCUT2D eigenvalue weighted by atomic mass is 16.7. The van der Waals surface area contributed by atoms with Gasteiger partial charge < -0.3 is 86.2 Å². The molecule has 3 saturated heterocycles. The number of rotatable bonds is 8. The Hall–Kier alpha value is -1.43. The summed E-state index contributed by atoms with van der Waals surface area (Å²) in [5.41, 5.74) is 15.8. The molecule has 6 unspecified atom stereocenters. The molecule has 0 amide bonds. The van der Waals surface area contributed by atoms with E-state index in [1.807, 2.05) is 0 Å². The molecule has 18 heteroatoms. The fraction of sp³-hybridized carbons (Fsp3) is 0.857. The van der Waals surface area contributed by atoms with Gasteiger partial charge in [-0.25, -0.2) is 4.98 Å². The van der Waals surface area contributed by atoms with Crippen molar-refractivity contribution in [3.8, 4) is 0 Å². The Bertz CT molecular complexity index is 913. The minimum Gasteiger partial charge on any atom is -0.446 e.